The van der Waals surface area contributed by atoms with Gasteiger partial charge in [0.2, 0.25) is 0 Å². The molecule has 3 aromatic rings. The van der Waals surface area contributed by atoms with Crippen molar-refractivity contribution in [3.8, 4) is 11.4 Å². The summed E-state index contributed by atoms with van der Waals surface area (Å²) >= 11 is 0. The van der Waals surface area contributed by atoms with Crippen molar-refractivity contribution >= 4 is 5.91 Å². The molecule has 2 aromatic heterocycles. The summed E-state index contributed by atoms with van der Waals surface area (Å²) in [5.41, 5.74) is 1.43. The standard InChI is InChI=1S/C17H17F2N5O2/c1-11(21-16(25)13-7-8-23(22-13)17(18)19)12-9-20-24(10-12)14-5-3-4-6-15(14)26-2/h3-11,17H,1-2H3,(H,21,25)/t11-/m0/s1. The van der Waals surface area contributed by atoms with Crippen LogP contribution in [-0.2, 0) is 0 Å². The summed E-state index contributed by atoms with van der Waals surface area (Å²) in [5, 5.41) is 10.6. The van der Waals surface area contributed by atoms with Gasteiger partial charge in [-0.05, 0) is 25.1 Å². The zero-order chi connectivity index (χ0) is 18.7. The summed E-state index contributed by atoms with van der Waals surface area (Å²) in [6.07, 6.45) is 4.44. The number of para-hydroxylation sites is 2. The number of hydrogen-bond acceptors (Lipinski definition) is 4. The molecule has 0 aliphatic rings. The normalized spacial score (nSPS) is 12.2. The maximum Gasteiger partial charge on any atom is 0.333 e. The number of alkyl halides is 2. The first-order chi connectivity index (χ1) is 12.5. The second-order valence-electron chi connectivity index (χ2n) is 5.54. The van der Waals surface area contributed by atoms with Crippen LogP contribution >= 0.6 is 0 Å². The van der Waals surface area contributed by atoms with E-state index >= 15 is 0 Å². The van der Waals surface area contributed by atoms with E-state index in [9.17, 15) is 13.6 Å². The average molecular weight is 361 g/mol. The summed E-state index contributed by atoms with van der Waals surface area (Å²) in [6.45, 7) is -1.01. The van der Waals surface area contributed by atoms with E-state index in [0.717, 1.165) is 17.4 Å². The highest BCUT2D eigenvalue weighted by molar-refractivity contribution is 5.92. The lowest BCUT2D eigenvalue weighted by molar-refractivity contribution is 0.0559. The van der Waals surface area contributed by atoms with E-state index in [1.54, 1.807) is 31.1 Å². The van der Waals surface area contributed by atoms with E-state index in [2.05, 4.69) is 15.5 Å². The Labute approximate surface area is 148 Å². The number of halogens is 2. The van der Waals surface area contributed by atoms with Gasteiger partial charge in [0.1, 0.15) is 17.1 Å². The Hall–Kier alpha value is -3.23. The number of benzene rings is 1. The number of nitrogens with one attached hydrogen (secondary N) is 1. The zero-order valence-corrected chi connectivity index (χ0v) is 14.1. The first-order valence-corrected chi connectivity index (χ1v) is 7.81. The smallest absolute Gasteiger partial charge is 0.333 e. The highest BCUT2D eigenvalue weighted by Gasteiger charge is 2.17. The molecule has 2 heterocycles. The summed E-state index contributed by atoms with van der Waals surface area (Å²) in [5.74, 6) is 0.123. The summed E-state index contributed by atoms with van der Waals surface area (Å²) < 4.78 is 32.5. The molecule has 1 N–H and O–H groups in total. The first kappa shape index (κ1) is 17.6. The number of rotatable bonds is 6. The van der Waals surface area contributed by atoms with Crippen LogP contribution in [0.5, 0.6) is 5.75 Å². The van der Waals surface area contributed by atoms with E-state index in [0.29, 0.717) is 10.4 Å². The van der Waals surface area contributed by atoms with Gasteiger partial charge < -0.3 is 10.1 Å². The minimum Gasteiger partial charge on any atom is -0.494 e. The van der Waals surface area contributed by atoms with E-state index < -0.39 is 12.5 Å². The highest BCUT2D eigenvalue weighted by Crippen LogP contribution is 2.23. The van der Waals surface area contributed by atoms with Gasteiger partial charge in [0.05, 0.1) is 19.3 Å². The second-order valence-corrected chi connectivity index (χ2v) is 5.54. The average Bonchev–Trinajstić information content (AvgIpc) is 3.31. The Morgan fingerprint density at radius 2 is 2.04 bits per heavy atom. The highest BCUT2D eigenvalue weighted by atomic mass is 19.3. The van der Waals surface area contributed by atoms with Gasteiger partial charge in [-0.2, -0.15) is 19.0 Å². The zero-order valence-electron chi connectivity index (χ0n) is 14.1. The van der Waals surface area contributed by atoms with Crippen LogP contribution in [0.15, 0.2) is 48.9 Å². The van der Waals surface area contributed by atoms with Crippen LogP contribution in [0.2, 0.25) is 0 Å². The molecule has 1 atom stereocenters. The molecule has 9 heteroatoms. The molecule has 0 radical (unpaired) electrons. The molecule has 0 saturated heterocycles. The van der Waals surface area contributed by atoms with Crippen molar-refractivity contribution < 1.29 is 18.3 Å². The molecule has 1 aromatic carbocycles. The fourth-order valence-electron chi connectivity index (χ4n) is 2.43. The Balaban J connectivity index is 1.73. The number of hydrogen-bond donors (Lipinski definition) is 1. The summed E-state index contributed by atoms with van der Waals surface area (Å²) in [7, 11) is 1.57. The van der Waals surface area contributed by atoms with E-state index in [-0.39, 0.29) is 11.7 Å². The van der Waals surface area contributed by atoms with Gasteiger partial charge in [-0.1, -0.05) is 12.1 Å². The monoisotopic (exact) mass is 361 g/mol. The molecule has 136 valence electrons. The SMILES string of the molecule is COc1ccccc1-n1cc([C@H](C)NC(=O)c2ccn(C(F)F)n2)cn1. The van der Waals surface area contributed by atoms with E-state index in [4.69, 9.17) is 4.74 Å². The van der Waals surface area contributed by atoms with E-state index in [1.807, 2.05) is 24.3 Å². The quantitative estimate of drug-likeness (QED) is 0.733. The van der Waals surface area contributed by atoms with Crippen LogP contribution in [0, 0.1) is 0 Å². The summed E-state index contributed by atoms with van der Waals surface area (Å²) in [6, 6.07) is 8.25. The fourth-order valence-corrected chi connectivity index (χ4v) is 2.43. The Kier molecular flexibility index (Phi) is 4.97. The van der Waals surface area contributed by atoms with Crippen molar-refractivity contribution in [1.29, 1.82) is 0 Å². The number of ether oxygens (including phenoxy) is 1. The third-order valence-corrected chi connectivity index (χ3v) is 3.82. The molecule has 0 spiro atoms. The number of methoxy groups -OCH3 is 1. The molecule has 0 saturated carbocycles. The number of carbonyl (C=O) groups excluding carboxylic acids is 1. The molecular weight excluding hydrogens is 344 g/mol. The molecule has 0 bridgehead atoms. The molecule has 26 heavy (non-hydrogen) atoms. The number of aromatic nitrogens is 4. The van der Waals surface area contributed by atoms with Gasteiger partial charge in [0, 0.05) is 18.0 Å². The maximum atomic E-state index is 12.5. The molecule has 0 fully saturated rings. The third-order valence-electron chi connectivity index (χ3n) is 3.82. The van der Waals surface area contributed by atoms with Gasteiger partial charge in [-0.15, -0.1) is 0 Å². The van der Waals surface area contributed by atoms with Crippen LogP contribution in [0.1, 0.15) is 35.6 Å². The Morgan fingerprint density at radius 1 is 1.27 bits per heavy atom. The fraction of sp³-hybridized carbons (Fsp3) is 0.235. The van der Waals surface area contributed by atoms with Crippen LogP contribution in [-0.4, -0.2) is 32.6 Å². The molecule has 7 nitrogen and oxygen atoms in total. The molecule has 0 unspecified atom stereocenters. The molecular formula is C17H17F2N5O2. The van der Waals surface area contributed by atoms with E-state index in [1.165, 1.54) is 6.07 Å². The lowest BCUT2D eigenvalue weighted by Gasteiger charge is -2.11. The third kappa shape index (κ3) is 3.56. The number of carbonyl (C=O) groups is 1. The minimum atomic E-state index is -2.78. The topological polar surface area (TPSA) is 74.0 Å². The molecule has 0 aliphatic carbocycles. The predicted molar refractivity (Wildman–Crippen MR) is 89.5 cm³/mol. The van der Waals surface area contributed by atoms with Crippen molar-refractivity contribution in [2.75, 3.05) is 7.11 Å². The van der Waals surface area contributed by atoms with Crippen LogP contribution in [0.25, 0.3) is 5.69 Å². The largest absolute Gasteiger partial charge is 0.494 e. The van der Waals surface area contributed by atoms with Gasteiger partial charge >= 0.3 is 6.55 Å². The second kappa shape index (κ2) is 7.34. The minimum absolute atomic E-state index is 0.0747. The number of nitrogens with zero attached hydrogens (tertiary/aromatic N) is 4. The van der Waals surface area contributed by atoms with Crippen molar-refractivity contribution in [3.05, 3.63) is 60.2 Å². The van der Waals surface area contributed by atoms with Gasteiger partial charge in [-0.25, -0.2) is 9.36 Å². The van der Waals surface area contributed by atoms with Crippen molar-refractivity contribution in [2.45, 2.75) is 19.5 Å². The maximum absolute atomic E-state index is 12.5. The van der Waals surface area contributed by atoms with Gasteiger partial charge in [0.15, 0.2) is 0 Å². The van der Waals surface area contributed by atoms with Crippen LogP contribution in [0.3, 0.4) is 0 Å². The predicted octanol–water partition coefficient (Wildman–Crippen LogP) is 2.96. The van der Waals surface area contributed by atoms with Gasteiger partial charge in [-0.3, -0.25) is 4.79 Å². The van der Waals surface area contributed by atoms with Crippen LogP contribution < -0.4 is 10.1 Å². The molecule has 3 rings (SSSR count). The Morgan fingerprint density at radius 3 is 2.73 bits per heavy atom. The summed E-state index contributed by atoms with van der Waals surface area (Å²) in [4.78, 5) is 12.2. The van der Waals surface area contributed by atoms with Gasteiger partial charge in [0.25, 0.3) is 5.91 Å². The lowest BCUT2D eigenvalue weighted by Crippen LogP contribution is -2.27. The van der Waals surface area contributed by atoms with Crippen molar-refractivity contribution in [2.24, 2.45) is 0 Å². The number of amides is 1. The first-order valence-electron chi connectivity index (χ1n) is 7.81. The lowest BCUT2D eigenvalue weighted by atomic mass is 10.2. The van der Waals surface area contributed by atoms with Crippen molar-refractivity contribution in [3.63, 3.8) is 0 Å². The molecule has 0 aliphatic heterocycles. The Bertz CT molecular complexity index is 906. The van der Waals surface area contributed by atoms with Crippen molar-refractivity contribution in [1.82, 2.24) is 24.9 Å². The van der Waals surface area contributed by atoms with Crippen LogP contribution in [0.4, 0.5) is 8.78 Å². The molecule has 1 amide bonds.